The van der Waals surface area contributed by atoms with Crippen molar-refractivity contribution < 1.29 is 10.8 Å². The van der Waals surface area contributed by atoms with Crippen molar-refractivity contribution in [2.24, 2.45) is 0 Å². The number of halogens is 2. The summed E-state index contributed by atoms with van der Waals surface area (Å²) >= 11 is 4.65. The predicted molar refractivity (Wildman–Crippen MR) is 86.6 cm³/mol. The molecule has 0 saturated carbocycles. The number of rotatable bonds is 0. The van der Waals surface area contributed by atoms with Gasteiger partial charge in [0.25, 0.3) is 0 Å². The van der Waals surface area contributed by atoms with E-state index in [0.29, 0.717) is 0 Å². The first kappa shape index (κ1) is 24.0. The standard InChI is InChI=1S/2C4H2N3P.2HI.Pd/c2*5-1-4(8,2-6)3-7;;;/h2*8H2;2*1H;/q;;;;+2/p-2. The van der Waals surface area contributed by atoms with Crippen LogP contribution >= 0.6 is 57.5 Å². The Balaban J connectivity index is -0.000000224. The zero-order valence-corrected chi connectivity index (χ0v) is 17.1. The quantitative estimate of drug-likeness (QED) is 0.235. The molecule has 0 N–H and O–H groups in total. The van der Waals surface area contributed by atoms with Gasteiger partial charge in [-0.2, -0.15) is 31.6 Å². The zero-order chi connectivity index (χ0) is 15.9. The van der Waals surface area contributed by atoms with Crippen molar-refractivity contribution in [2.45, 2.75) is 10.3 Å². The first-order valence-corrected chi connectivity index (χ1v) is 14.1. The van der Waals surface area contributed by atoms with Gasteiger partial charge in [-0.15, -0.1) is 0 Å². The molecule has 0 spiro atoms. The fourth-order valence-corrected chi connectivity index (χ4v) is 0.150. The van der Waals surface area contributed by atoms with Gasteiger partial charge < -0.3 is 0 Å². The van der Waals surface area contributed by atoms with Gasteiger partial charge >= 0.3 is 49.8 Å². The van der Waals surface area contributed by atoms with Crippen LogP contribution in [0.5, 0.6) is 0 Å². The summed E-state index contributed by atoms with van der Waals surface area (Å²) in [5.74, 6) is 0. The Labute approximate surface area is 145 Å². The van der Waals surface area contributed by atoms with Crippen LogP contribution in [-0.4, -0.2) is 10.3 Å². The molecule has 11 heteroatoms. The molecule has 0 aromatic rings. The van der Waals surface area contributed by atoms with Crippen molar-refractivity contribution in [1.29, 1.82) is 31.6 Å². The summed E-state index contributed by atoms with van der Waals surface area (Å²) < 4.78 is 0. The third kappa shape index (κ3) is 14.1. The first-order chi connectivity index (χ1) is 8.78. The minimum atomic E-state index is -1.54. The molecule has 2 unspecified atom stereocenters. The van der Waals surface area contributed by atoms with Crippen LogP contribution < -0.4 is 0 Å². The van der Waals surface area contributed by atoms with Crippen LogP contribution in [0, 0.1) is 68.0 Å². The van der Waals surface area contributed by atoms with Gasteiger partial charge in [0, 0.05) is 0 Å². The molecule has 0 aliphatic rings. The number of hydrogen-bond acceptors (Lipinski definition) is 6. The minimum absolute atomic E-state index is 0.890. The van der Waals surface area contributed by atoms with Crippen molar-refractivity contribution in [3.63, 3.8) is 0 Å². The maximum absolute atomic E-state index is 8.07. The summed E-state index contributed by atoms with van der Waals surface area (Å²) in [6.07, 6.45) is 0. The van der Waals surface area contributed by atoms with E-state index in [0.717, 1.165) is 10.8 Å². The van der Waals surface area contributed by atoms with Gasteiger partial charge in [-0.05, 0) is 0 Å². The van der Waals surface area contributed by atoms with Crippen molar-refractivity contribution >= 4 is 57.5 Å². The number of hydrogen-bond donors (Lipinski definition) is 0. The van der Waals surface area contributed by atoms with Crippen LogP contribution in [0.4, 0.5) is 0 Å². The van der Waals surface area contributed by atoms with Crippen LogP contribution in [0.25, 0.3) is 0 Å². The van der Waals surface area contributed by atoms with Gasteiger partial charge in [-0.25, -0.2) is 0 Å². The molecule has 100 valence electrons. The molecule has 2 atom stereocenters. The summed E-state index contributed by atoms with van der Waals surface area (Å²) in [5.41, 5.74) is 0. The SMILES string of the molecule is N#CC(P)(C#N)C#N.N#CC(P)(C#N)C#N.[I][Pd][I]. The monoisotopic (exact) mass is 606 g/mol. The zero-order valence-electron chi connectivity index (χ0n) is 8.91. The van der Waals surface area contributed by atoms with Gasteiger partial charge in [0.2, 0.25) is 10.3 Å². The van der Waals surface area contributed by atoms with Crippen molar-refractivity contribution in [3.8, 4) is 36.4 Å². The predicted octanol–water partition coefficient (Wildman–Crippen LogP) is 2.11. The first-order valence-electron chi connectivity index (χ1n) is 3.66. The molecule has 0 rings (SSSR count). The molecule has 0 saturated heterocycles. The Morgan fingerprint density at radius 1 is 0.632 bits per heavy atom. The second-order valence-corrected chi connectivity index (χ2v) is 16.0. The van der Waals surface area contributed by atoms with Crippen molar-refractivity contribution in [1.82, 2.24) is 0 Å². The Morgan fingerprint density at radius 3 is 0.737 bits per heavy atom. The average Bonchev–Trinajstić information content (AvgIpc) is 2.47. The summed E-state index contributed by atoms with van der Waals surface area (Å²) in [4.78, 5) is 0. The van der Waals surface area contributed by atoms with Crippen molar-refractivity contribution in [2.75, 3.05) is 0 Å². The maximum atomic E-state index is 8.07. The van der Waals surface area contributed by atoms with Crippen LogP contribution in [0.15, 0.2) is 0 Å². The molecule has 0 aliphatic carbocycles. The van der Waals surface area contributed by atoms with Crippen LogP contribution in [0.1, 0.15) is 0 Å². The van der Waals surface area contributed by atoms with E-state index in [2.05, 4.69) is 39.0 Å². The molecule has 0 aromatic carbocycles. The normalized spacial score (nSPS) is 8.11. The molecule has 0 radical (unpaired) electrons. The molecule has 0 heterocycles. The van der Waals surface area contributed by atoms with E-state index >= 15 is 0 Å². The van der Waals surface area contributed by atoms with E-state index in [-0.39, 0.29) is 0 Å². The number of nitrogens with zero attached hydrogens (tertiary/aromatic N) is 6. The summed E-state index contributed by atoms with van der Waals surface area (Å²) in [5, 5.41) is 45.3. The Kier molecular flexibility index (Phi) is 18.1. The number of nitriles is 6. The van der Waals surface area contributed by atoms with E-state index in [1.807, 2.05) is 18.5 Å². The Bertz CT molecular complexity index is 406. The Morgan fingerprint density at radius 2 is 0.737 bits per heavy atom. The molecular weight excluding hydrogens is 602 g/mol. The van der Waals surface area contributed by atoms with Crippen LogP contribution in [-0.2, 0) is 10.8 Å². The molecule has 19 heavy (non-hydrogen) atoms. The third-order valence-electron chi connectivity index (χ3n) is 1.06. The second kappa shape index (κ2) is 14.3. The summed E-state index contributed by atoms with van der Waals surface area (Å²) in [7, 11) is 4.61. The van der Waals surface area contributed by atoms with E-state index in [1.165, 1.54) is 36.4 Å². The molecule has 6 nitrogen and oxygen atoms in total. The van der Waals surface area contributed by atoms with Gasteiger partial charge in [0.05, 0.1) is 0 Å². The second-order valence-electron chi connectivity index (χ2n) is 2.33. The van der Waals surface area contributed by atoms with Crippen molar-refractivity contribution in [3.05, 3.63) is 0 Å². The molecule has 0 amide bonds. The molecule has 0 aliphatic heterocycles. The fourth-order valence-electron chi connectivity index (χ4n) is 0.150. The van der Waals surface area contributed by atoms with Crippen LogP contribution in [0.3, 0.4) is 0 Å². The van der Waals surface area contributed by atoms with Crippen LogP contribution in [0.2, 0.25) is 0 Å². The topological polar surface area (TPSA) is 143 Å². The average molecular weight is 606 g/mol. The summed E-state index contributed by atoms with van der Waals surface area (Å²) in [6.45, 7) is 0. The fraction of sp³-hybridized carbons (Fsp3) is 0.250. The Hall–Kier alpha value is -0.0777. The third-order valence-corrected chi connectivity index (χ3v) is 1.83. The van der Waals surface area contributed by atoms with E-state index in [4.69, 9.17) is 31.6 Å². The van der Waals surface area contributed by atoms with E-state index < -0.39 is 10.3 Å². The molecule has 0 fully saturated rings. The van der Waals surface area contributed by atoms with Gasteiger partial charge in [0.15, 0.2) is 0 Å². The molecule has 0 aromatic heterocycles. The van der Waals surface area contributed by atoms with Gasteiger partial charge in [-0.1, -0.05) is 18.5 Å². The van der Waals surface area contributed by atoms with Gasteiger partial charge in [-0.3, -0.25) is 0 Å². The summed E-state index contributed by atoms with van der Waals surface area (Å²) in [6, 6.07) is 9.11. The molecule has 0 bridgehead atoms. The van der Waals surface area contributed by atoms with E-state index in [1.54, 1.807) is 0 Å². The van der Waals surface area contributed by atoms with E-state index in [9.17, 15) is 0 Å². The molecular formula is C8H4I2N6P2Pd. The van der Waals surface area contributed by atoms with Gasteiger partial charge in [0.1, 0.15) is 36.4 Å².